The van der Waals surface area contributed by atoms with Gasteiger partial charge in [-0.05, 0) is 12.4 Å². The molecule has 1 amide bonds. The molecule has 9 nitrogen and oxygen atoms in total. The molecule has 0 atom stereocenters. The number of amides is 1. The maximum Gasteiger partial charge on any atom is 0.303 e. The highest BCUT2D eigenvalue weighted by Gasteiger charge is 2.19. The molecule has 0 aliphatic carbocycles. The standard InChI is InChI=1S/C11H13BN2O5.2H2O/c12-6-7-2-1-3-8(11(7)14(18)19)13-9(15)4-5-10(16)17;;/h1-3H,4-6,12H2,(H,13,15)(H,16,17);2*1H2. The van der Waals surface area contributed by atoms with Gasteiger partial charge in [0.25, 0.3) is 5.69 Å². The molecule has 0 spiro atoms. The van der Waals surface area contributed by atoms with Crippen LogP contribution < -0.4 is 5.32 Å². The number of para-hydroxylation sites is 1. The van der Waals surface area contributed by atoms with E-state index in [0.717, 1.165) is 0 Å². The van der Waals surface area contributed by atoms with Crippen molar-refractivity contribution in [2.45, 2.75) is 19.2 Å². The number of hydrogen-bond acceptors (Lipinski definition) is 4. The monoisotopic (exact) mass is 300 g/mol. The summed E-state index contributed by atoms with van der Waals surface area (Å²) in [7, 11) is 1.78. The van der Waals surface area contributed by atoms with Gasteiger partial charge in [0.15, 0.2) is 0 Å². The lowest BCUT2D eigenvalue weighted by Gasteiger charge is -2.08. The summed E-state index contributed by atoms with van der Waals surface area (Å²) in [6.45, 7) is 0. The van der Waals surface area contributed by atoms with E-state index < -0.39 is 16.8 Å². The number of carbonyl (C=O) groups is 2. The SMILES string of the molecule is BCc1cccc(NC(=O)CCC(=O)O)c1[N+](=O)[O-].O.O. The Kier molecular flexibility index (Phi) is 9.38. The van der Waals surface area contributed by atoms with E-state index in [9.17, 15) is 19.7 Å². The normalized spacial score (nSPS) is 8.95. The van der Waals surface area contributed by atoms with Gasteiger partial charge in [-0.2, -0.15) is 0 Å². The average molecular weight is 300 g/mol. The average Bonchev–Trinajstić information content (AvgIpc) is 2.35. The highest BCUT2D eigenvalue weighted by atomic mass is 16.6. The zero-order valence-corrected chi connectivity index (χ0v) is 11.4. The lowest BCUT2D eigenvalue weighted by Crippen LogP contribution is -2.14. The van der Waals surface area contributed by atoms with E-state index in [1.807, 2.05) is 0 Å². The summed E-state index contributed by atoms with van der Waals surface area (Å²) >= 11 is 0. The number of rotatable bonds is 6. The Morgan fingerprint density at radius 1 is 1.29 bits per heavy atom. The Bertz CT molecular complexity index is 521. The molecule has 0 aliphatic rings. The fourth-order valence-corrected chi connectivity index (χ4v) is 1.63. The summed E-state index contributed by atoms with van der Waals surface area (Å²) in [5.74, 6) is -1.65. The molecule has 0 aliphatic heterocycles. The van der Waals surface area contributed by atoms with Crippen molar-refractivity contribution in [3.63, 3.8) is 0 Å². The molecule has 0 saturated carbocycles. The molecule has 21 heavy (non-hydrogen) atoms. The maximum atomic E-state index is 11.5. The van der Waals surface area contributed by atoms with Gasteiger partial charge in [0.1, 0.15) is 13.5 Å². The second-order valence-corrected chi connectivity index (χ2v) is 3.87. The van der Waals surface area contributed by atoms with Crippen molar-refractivity contribution in [1.82, 2.24) is 0 Å². The first-order chi connectivity index (χ1) is 8.95. The number of carboxylic acids is 1. The third-order valence-corrected chi connectivity index (χ3v) is 2.52. The number of nitro benzene ring substituents is 1. The summed E-state index contributed by atoms with van der Waals surface area (Å²) in [5.41, 5.74) is 0.467. The molecular formula is C11H17BN2O7. The van der Waals surface area contributed by atoms with Crippen LogP contribution in [0, 0.1) is 10.1 Å². The third-order valence-electron chi connectivity index (χ3n) is 2.52. The molecule has 6 N–H and O–H groups in total. The number of carbonyl (C=O) groups excluding carboxylic acids is 1. The highest BCUT2D eigenvalue weighted by molar-refractivity contribution is 6.09. The van der Waals surface area contributed by atoms with E-state index in [4.69, 9.17) is 5.11 Å². The van der Waals surface area contributed by atoms with Crippen LogP contribution in [-0.2, 0) is 15.9 Å². The first-order valence-corrected chi connectivity index (χ1v) is 5.73. The molecule has 0 unspecified atom stereocenters. The van der Waals surface area contributed by atoms with Gasteiger partial charge in [0, 0.05) is 12.0 Å². The minimum atomic E-state index is -1.09. The van der Waals surface area contributed by atoms with Crippen LogP contribution in [-0.4, -0.2) is 40.7 Å². The predicted molar refractivity (Wildman–Crippen MR) is 78.1 cm³/mol. The van der Waals surface area contributed by atoms with Crippen LogP contribution >= 0.6 is 0 Å². The van der Waals surface area contributed by atoms with Crippen molar-refractivity contribution in [2.75, 3.05) is 5.32 Å². The summed E-state index contributed by atoms with van der Waals surface area (Å²) in [5, 5.41) is 21.9. The molecule has 0 bridgehead atoms. The van der Waals surface area contributed by atoms with E-state index in [-0.39, 0.29) is 35.2 Å². The third kappa shape index (κ3) is 6.02. The fourth-order valence-electron chi connectivity index (χ4n) is 1.63. The molecule has 0 saturated heterocycles. The smallest absolute Gasteiger partial charge is 0.303 e. The zero-order valence-electron chi connectivity index (χ0n) is 11.4. The van der Waals surface area contributed by atoms with Gasteiger partial charge in [-0.25, -0.2) is 0 Å². The number of nitro groups is 1. The molecule has 116 valence electrons. The Labute approximate surface area is 121 Å². The summed E-state index contributed by atoms with van der Waals surface area (Å²) in [4.78, 5) is 32.3. The van der Waals surface area contributed by atoms with E-state index in [1.165, 1.54) is 6.07 Å². The fraction of sp³-hybridized carbons (Fsp3) is 0.273. The van der Waals surface area contributed by atoms with E-state index in [1.54, 1.807) is 20.0 Å². The van der Waals surface area contributed by atoms with Gasteiger partial charge in [-0.1, -0.05) is 12.1 Å². The van der Waals surface area contributed by atoms with Crippen molar-refractivity contribution < 1.29 is 30.6 Å². The van der Waals surface area contributed by atoms with Gasteiger partial charge in [0.05, 0.1) is 11.3 Å². The lowest BCUT2D eigenvalue weighted by molar-refractivity contribution is -0.384. The van der Waals surface area contributed by atoms with Crippen molar-refractivity contribution in [3.05, 3.63) is 33.9 Å². The second-order valence-electron chi connectivity index (χ2n) is 3.87. The highest BCUT2D eigenvalue weighted by Crippen LogP contribution is 2.28. The Balaban J connectivity index is 0. The summed E-state index contributed by atoms with van der Waals surface area (Å²) in [6, 6.07) is 4.65. The topological polar surface area (TPSA) is 173 Å². The molecule has 0 heterocycles. The number of carboxylic acid groups (broad SMARTS) is 1. The van der Waals surface area contributed by atoms with E-state index >= 15 is 0 Å². The predicted octanol–water partition coefficient (Wildman–Crippen LogP) is -1.12. The van der Waals surface area contributed by atoms with Crippen molar-refractivity contribution in [1.29, 1.82) is 0 Å². The molecule has 1 aromatic rings. The van der Waals surface area contributed by atoms with Crippen LogP contribution in [0.4, 0.5) is 11.4 Å². The Hall–Kier alpha value is -2.46. The molecule has 10 heteroatoms. The summed E-state index contributed by atoms with van der Waals surface area (Å²) in [6.07, 6.45) is -0.0644. The maximum absolute atomic E-state index is 11.5. The number of aliphatic carboxylic acids is 1. The van der Waals surface area contributed by atoms with Crippen molar-refractivity contribution in [3.8, 4) is 0 Å². The van der Waals surface area contributed by atoms with E-state index in [2.05, 4.69) is 5.32 Å². The number of benzene rings is 1. The number of hydrogen-bond donors (Lipinski definition) is 2. The molecule has 1 aromatic carbocycles. The lowest BCUT2D eigenvalue weighted by atomic mass is 9.95. The largest absolute Gasteiger partial charge is 0.481 e. The van der Waals surface area contributed by atoms with Crippen molar-refractivity contribution in [2.24, 2.45) is 0 Å². The number of nitrogens with one attached hydrogen (secondary N) is 1. The van der Waals surface area contributed by atoms with Gasteiger partial charge < -0.3 is 21.4 Å². The first kappa shape index (κ1) is 20.9. The van der Waals surface area contributed by atoms with Gasteiger partial charge in [-0.3, -0.25) is 19.7 Å². The van der Waals surface area contributed by atoms with Gasteiger partial charge in [0.2, 0.25) is 5.91 Å². The van der Waals surface area contributed by atoms with Crippen LogP contribution in [0.3, 0.4) is 0 Å². The minimum Gasteiger partial charge on any atom is -0.481 e. The van der Waals surface area contributed by atoms with Crippen LogP contribution in [0.5, 0.6) is 0 Å². The van der Waals surface area contributed by atoms with Crippen molar-refractivity contribution >= 4 is 31.1 Å². The zero-order chi connectivity index (χ0) is 14.4. The van der Waals surface area contributed by atoms with Crippen LogP contribution in [0.2, 0.25) is 0 Å². The molecular weight excluding hydrogens is 283 g/mol. The molecule has 0 fully saturated rings. The van der Waals surface area contributed by atoms with Gasteiger partial charge >= 0.3 is 5.97 Å². The quantitative estimate of drug-likeness (QED) is 0.384. The minimum absolute atomic E-state index is 0. The second kappa shape index (κ2) is 9.45. The first-order valence-electron chi connectivity index (χ1n) is 5.73. The Morgan fingerprint density at radius 3 is 2.38 bits per heavy atom. The Morgan fingerprint density at radius 2 is 1.90 bits per heavy atom. The molecule has 0 aromatic heterocycles. The number of anilines is 1. The van der Waals surface area contributed by atoms with Crippen LogP contribution in [0.15, 0.2) is 18.2 Å². The molecule has 1 rings (SSSR count). The van der Waals surface area contributed by atoms with E-state index in [0.29, 0.717) is 11.9 Å². The van der Waals surface area contributed by atoms with Crippen LogP contribution in [0.25, 0.3) is 0 Å². The number of nitrogens with zero attached hydrogens (tertiary/aromatic N) is 1. The van der Waals surface area contributed by atoms with Crippen LogP contribution in [0.1, 0.15) is 18.4 Å². The molecule has 0 radical (unpaired) electrons. The van der Waals surface area contributed by atoms with Gasteiger partial charge in [-0.15, -0.1) is 0 Å². The summed E-state index contributed by atoms with van der Waals surface area (Å²) < 4.78 is 0.